The van der Waals surface area contributed by atoms with Crippen LogP contribution in [0.1, 0.15) is 40.0 Å². The van der Waals surface area contributed by atoms with E-state index in [9.17, 15) is 9.59 Å². The second-order valence-electron chi connectivity index (χ2n) is 4.57. The molecule has 0 bridgehead atoms. The van der Waals surface area contributed by atoms with Crippen LogP contribution in [0.3, 0.4) is 0 Å². The molecule has 17 heavy (non-hydrogen) atoms. The summed E-state index contributed by atoms with van der Waals surface area (Å²) in [4.78, 5) is 23.1. The zero-order valence-corrected chi connectivity index (χ0v) is 10.3. The number of esters is 1. The molecule has 0 saturated carbocycles. The Bertz CT molecular complexity index is 369. The van der Waals surface area contributed by atoms with E-state index in [0.717, 1.165) is 0 Å². The van der Waals surface area contributed by atoms with E-state index in [1.165, 1.54) is 0 Å². The topological polar surface area (TPSA) is 90.9 Å². The maximum absolute atomic E-state index is 11.5. The highest BCUT2D eigenvalue weighted by atomic mass is 16.6. The van der Waals surface area contributed by atoms with E-state index in [0.29, 0.717) is 6.42 Å². The molecule has 0 aliphatic carbocycles. The Morgan fingerprint density at radius 2 is 1.88 bits per heavy atom. The number of Topliss-reactive ketones (excluding diaryl/α,β-unsaturated/α-hetero) is 1. The molecular formula is C12H16N2O3. The normalized spacial score (nSPS) is 12.1. The van der Waals surface area contributed by atoms with Crippen molar-refractivity contribution < 1.29 is 14.3 Å². The van der Waals surface area contributed by atoms with E-state index in [1.54, 1.807) is 26.8 Å². The first kappa shape index (κ1) is 15.1. The number of nitriles is 2. The Balaban J connectivity index is 4.43. The molecule has 0 aliphatic rings. The van der Waals surface area contributed by atoms with Gasteiger partial charge < -0.3 is 4.74 Å². The molecule has 5 nitrogen and oxygen atoms in total. The third-order valence-corrected chi connectivity index (χ3v) is 1.81. The summed E-state index contributed by atoms with van der Waals surface area (Å²) < 4.78 is 4.97. The van der Waals surface area contributed by atoms with Gasteiger partial charge in [0.25, 0.3) is 0 Å². The van der Waals surface area contributed by atoms with Gasteiger partial charge >= 0.3 is 5.97 Å². The Kier molecular flexibility index (Phi) is 5.91. The second-order valence-corrected chi connectivity index (χ2v) is 4.57. The number of unbranched alkanes of at least 4 members (excludes halogenated alkanes) is 1. The first-order valence-corrected chi connectivity index (χ1v) is 5.34. The molecule has 0 N–H and O–H groups in total. The van der Waals surface area contributed by atoms with E-state index >= 15 is 0 Å². The fourth-order valence-corrected chi connectivity index (χ4v) is 1.10. The van der Waals surface area contributed by atoms with E-state index in [2.05, 4.69) is 0 Å². The standard InChI is InChI=1S/C12H16N2O3/c1-12(2,3)17-11(16)9(8-14)10(15)6-4-5-7-13/h9H,4-6H2,1-3H3. The van der Waals surface area contributed by atoms with Crippen LogP contribution < -0.4 is 0 Å². The lowest BCUT2D eigenvalue weighted by molar-refractivity contribution is -0.159. The van der Waals surface area contributed by atoms with Crippen LogP contribution in [0, 0.1) is 28.6 Å². The highest BCUT2D eigenvalue weighted by Gasteiger charge is 2.30. The molecule has 0 aromatic carbocycles. The van der Waals surface area contributed by atoms with Gasteiger partial charge in [-0.3, -0.25) is 9.59 Å². The Hall–Kier alpha value is -1.88. The first-order chi connectivity index (χ1) is 7.81. The van der Waals surface area contributed by atoms with Crippen molar-refractivity contribution in [2.24, 2.45) is 5.92 Å². The highest BCUT2D eigenvalue weighted by Crippen LogP contribution is 2.13. The van der Waals surface area contributed by atoms with Gasteiger partial charge in [-0.2, -0.15) is 10.5 Å². The van der Waals surface area contributed by atoms with Gasteiger partial charge in [-0.15, -0.1) is 0 Å². The third-order valence-electron chi connectivity index (χ3n) is 1.81. The van der Waals surface area contributed by atoms with Crippen molar-refractivity contribution in [3.63, 3.8) is 0 Å². The molecule has 0 saturated heterocycles. The minimum Gasteiger partial charge on any atom is -0.459 e. The van der Waals surface area contributed by atoms with Gasteiger partial charge in [-0.05, 0) is 27.2 Å². The lowest BCUT2D eigenvalue weighted by atomic mass is 10.0. The molecule has 0 aliphatic heterocycles. The Labute approximate surface area is 101 Å². The average molecular weight is 236 g/mol. The summed E-state index contributed by atoms with van der Waals surface area (Å²) in [6, 6.07) is 3.54. The van der Waals surface area contributed by atoms with Crippen LogP contribution in [-0.4, -0.2) is 17.4 Å². The summed E-state index contributed by atoms with van der Waals surface area (Å²) in [7, 11) is 0. The molecule has 0 spiro atoms. The van der Waals surface area contributed by atoms with Crippen LogP contribution in [0.2, 0.25) is 0 Å². The van der Waals surface area contributed by atoms with Gasteiger partial charge in [0.05, 0.1) is 12.1 Å². The smallest absolute Gasteiger partial charge is 0.331 e. The molecule has 1 atom stereocenters. The van der Waals surface area contributed by atoms with Gasteiger partial charge in [0.15, 0.2) is 5.78 Å². The molecular weight excluding hydrogens is 220 g/mol. The highest BCUT2D eigenvalue weighted by molar-refractivity contribution is 6.01. The number of nitrogens with zero attached hydrogens (tertiary/aromatic N) is 2. The zero-order chi connectivity index (χ0) is 13.5. The minimum atomic E-state index is -1.38. The fourth-order valence-electron chi connectivity index (χ4n) is 1.10. The molecule has 1 unspecified atom stereocenters. The number of rotatable bonds is 5. The predicted molar refractivity (Wildman–Crippen MR) is 59.4 cm³/mol. The molecule has 92 valence electrons. The van der Waals surface area contributed by atoms with Crippen LogP contribution in [0.25, 0.3) is 0 Å². The van der Waals surface area contributed by atoms with Gasteiger partial charge in [-0.25, -0.2) is 0 Å². The largest absolute Gasteiger partial charge is 0.459 e. The molecule has 0 aromatic heterocycles. The van der Waals surface area contributed by atoms with Crippen molar-refractivity contribution in [3.05, 3.63) is 0 Å². The number of hydrogen-bond acceptors (Lipinski definition) is 5. The number of ketones is 1. The first-order valence-electron chi connectivity index (χ1n) is 5.34. The van der Waals surface area contributed by atoms with Crippen molar-refractivity contribution >= 4 is 11.8 Å². The molecule has 0 radical (unpaired) electrons. The number of ether oxygens (including phenoxy) is 1. The fraction of sp³-hybridized carbons (Fsp3) is 0.667. The second kappa shape index (κ2) is 6.65. The number of carbonyl (C=O) groups is 2. The summed E-state index contributed by atoms with van der Waals surface area (Å²) in [6.45, 7) is 5.00. The van der Waals surface area contributed by atoms with E-state index < -0.39 is 23.3 Å². The Morgan fingerprint density at radius 3 is 2.29 bits per heavy atom. The van der Waals surface area contributed by atoms with Gasteiger partial charge in [-0.1, -0.05) is 0 Å². The molecule has 0 aromatic rings. The predicted octanol–water partition coefficient (Wildman–Crippen LogP) is 1.73. The van der Waals surface area contributed by atoms with Crippen molar-refractivity contribution in [1.82, 2.24) is 0 Å². The van der Waals surface area contributed by atoms with Gasteiger partial charge in [0.1, 0.15) is 5.60 Å². The summed E-state index contributed by atoms with van der Waals surface area (Å²) in [5.41, 5.74) is -0.723. The number of hydrogen-bond donors (Lipinski definition) is 0. The molecule has 0 amide bonds. The van der Waals surface area contributed by atoms with Crippen LogP contribution in [-0.2, 0) is 14.3 Å². The van der Waals surface area contributed by atoms with Gasteiger partial charge in [0, 0.05) is 12.8 Å². The maximum atomic E-state index is 11.5. The van der Waals surface area contributed by atoms with Crippen molar-refractivity contribution in [1.29, 1.82) is 10.5 Å². The summed E-state index contributed by atoms with van der Waals surface area (Å²) in [5.74, 6) is -2.69. The van der Waals surface area contributed by atoms with Crippen molar-refractivity contribution in [2.75, 3.05) is 0 Å². The van der Waals surface area contributed by atoms with Crippen LogP contribution in [0.4, 0.5) is 0 Å². The monoisotopic (exact) mass is 236 g/mol. The van der Waals surface area contributed by atoms with E-state index in [1.807, 2.05) is 6.07 Å². The van der Waals surface area contributed by atoms with Crippen molar-refractivity contribution in [3.8, 4) is 12.1 Å². The lowest BCUT2D eigenvalue weighted by Crippen LogP contribution is -2.32. The third kappa shape index (κ3) is 6.32. The zero-order valence-electron chi connectivity index (χ0n) is 10.3. The van der Waals surface area contributed by atoms with Crippen LogP contribution in [0.15, 0.2) is 0 Å². The lowest BCUT2D eigenvalue weighted by Gasteiger charge is -2.20. The van der Waals surface area contributed by atoms with E-state index in [-0.39, 0.29) is 12.8 Å². The summed E-state index contributed by atoms with van der Waals surface area (Å²) in [6.07, 6.45) is 0.638. The van der Waals surface area contributed by atoms with Crippen molar-refractivity contribution in [2.45, 2.75) is 45.6 Å². The Morgan fingerprint density at radius 1 is 1.29 bits per heavy atom. The van der Waals surface area contributed by atoms with E-state index in [4.69, 9.17) is 15.3 Å². The molecule has 5 heteroatoms. The SMILES string of the molecule is CC(C)(C)OC(=O)C(C#N)C(=O)CCCC#N. The quantitative estimate of drug-likeness (QED) is 0.412. The number of carbonyl (C=O) groups excluding carboxylic acids is 2. The molecule has 0 rings (SSSR count). The van der Waals surface area contributed by atoms with Gasteiger partial charge in [0.2, 0.25) is 5.92 Å². The van der Waals surface area contributed by atoms with Crippen LogP contribution in [0.5, 0.6) is 0 Å². The molecule has 0 heterocycles. The van der Waals surface area contributed by atoms with Crippen LogP contribution >= 0.6 is 0 Å². The summed E-state index contributed by atoms with van der Waals surface area (Å²) >= 11 is 0. The molecule has 0 fully saturated rings. The summed E-state index contributed by atoms with van der Waals surface area (Å²) in [5, 5.41) is 17.1. The minimum absolute atomic E-state index is 0.0467. The average Bonchev–Trinajstić information content (AvgIpc) is 2.16. The maximum Gasteiger partial charge on any atom is 0.331 e.